The first-order valence-electron chi connectivity index (χ1n) is 10.5. The lowest BCUT2D eigenvalue weighted by atomic mass is 10.0. The Kier molecular flexibility index (Phi) is 5.98. The van der Waals surface area contributed by atoms with E-state index in [4.69, 9.17) is 0 Å². The van der Waals surface area contributed by atoms with Crippen LogP contribution in [0.4, 0.5) is 13.2 Å². The molecular formula is C25H16F3N5O2S. The molecule has 11 heteroatoms. The number of carbonyl (C=O) groups is 1. The number of phenols is 1. The highest BCUT2D eigenvalue weighted by molar-refractivity contribution is 7.12. The molecule has 2 N–H and O–H groups in total. The fraction of sp³-hybridized carbons (Fsp3) is 0.0400. The molecule has 5 aromatic rings. The SMILES string of the molecule is O=C(N/N=C/c1cccc(O)c1)c1csc(-n2nc(C(F)(F)F)cc2-c2ccc3ccccc3c2)n1. The molecular weight excluding hydrogens is 491 g/mol. The van der Waals surface area contributed by atoms with E-state index in [-0.39, 0.29) is 22.3 Å². The average molecular weight is 507 g/mol. The van der Waals surface area contributed by atoms with E-state index in [0.717, 1.165) is 32.9 Å². The second kappa shape index (κ2) is 9.27. The van der Waals surface area contributed by atoms with Gasteiger partial charge in [0.25, 0.3) is 5.91 Å². The van der Waals surface area contributed by atoms with Crippen molar-refractivity contribution in [3.63, 3.8) is 0 Å². The zero-order chi connectivity index (χ0) is 25.3. The van der Waals surface area contributed by atoms with Gasteiger partial charge in [-0.25, -0.2) is 15.1 Å². The van der Waals surface area contributed by atoms with Crippen LogP contribution in [0.5, 0.6) is 5.75 Å². The number of alkyl halides is 3. The van der Waals surface area contributed by atoms with Gasteiger partial charge in [-0.05, 0) is 40.6 Å². The van der Waals surface area contributed by atoms with Crippen molar-refractivity contribution in [1.29, 1.82) is 0 Å². The lowest BCUT2D eigenvalue weighted by Gasteiger charge is -2.06. The smallest absolute Gasteiger partial charge is 0.435 e. The van der Waals surface area contributed by atoms with Crippen molar-refractivity contribution < 1.29 is 23.1 Å². The summed E-state index contributed by atoms with van der Waals surface area (Å²) in [6.07, 6.45) is -3.32. The van der Waals surface area contributed by atoms with Crippen LogP contribution in [0.1, 0.15) is 21.7 Å². The molecule has 0 aliphatic carbocycles. The number of hydrogen-bond donors (Lipinski definition) is 2. The number of hydrazone groups is 1. The zero-order valence-corrected chi connectivity index (χ0v) is 19.1. The summed E-state index contributed by atoms with van der Waals surface area (Å²) in [6, 6.07) is 20.0. The van der Waals surface area contributed by atoms with Gasteiger partial charge in [0.1, 0.15) is 11.4 Å². The Bertz CT molecular complexity index is 1610. The third-order valence-corrected chi connectivity index (χ3v) is 6.02. The number of benzene rings is 3. The summed E-state index contributed by atoms with van der Waals surface area (Å²) in [5.41, 5.74) is 2.49. The number of aromatic hydroxyl groups is 1. The van der Waals surface area contributed by atoms with Crippen molar-refractivity contribution in [1.82, 2.24) is 20.2 Å². The molecule has 0 radical (unpaired) electrons. The summed E-state index contributed by atoms with van der Waals surface area (Å²) in [7, 11) is 0. The topological polar surface area (TPSA) is 92.4 Å². The molecule has 0 fully saturated rings. The molecule has 2 heterocycles. The third-order valence-electron chi connectivity index (χ3n) is 5.20. The van der Waals surface area contributed by atoms with Crippen LogP contribution in [-0.2, 0) is 6.18 Å². The van der Waals surface area contributed by atoms with Crippen LogP contribution in [0.15, 0.2) is 83.3 Å². The fourth-order valence-electron chi connectivity index (χ4n) is 3.51. The van der Waals surface area contributed by atoms with Crippen molar-refractivity contribution in [2.24, 2.45) is 5.10 Å². The van der Waals surface area contributed by atoms with Gasteiger partial charge >= 0.3 is 6.18 Å². The Morgan fingerprint density at radius 1 is 1.03 bits per heavy atom. The number of halogens is 3. The summed E-state index contributed by atoms with van der Waals surface area (Å²) >= 11 is 0.975. The van der Waals surface area contributed by atoms with Gasteiger partial charge in [0.15, 0.2) is 5.69 Å². The van der Waals surface area contributed by atoms with E-state index in [1.807, 2.05) is 30.3 Å². The quantitative estimate of drug-likeness (QED) is 0.238. The molecule has 2 aromatic heterocycles. The van der Waals surface area contributed by atoms with Crippen molar-refractivity contribution in [2.45, 2.75) is 6.18 Å². The van der Waals surface area contributed by atoms with Gasteiger partial charge in [-0.1, -0.05) is 48.5 Å². The maximum atomic E-state index is 13.5. The first kappa shape index (κ1) is 23.2. The van der Waals surface area contributed by atoms with Crippen molar-refractivity contribution in [2.75, 3.05) is 0 Å². The lowest BCUT2D eigenvalue weighted by molar-refractivity contribution is -0.141. The fourth-order valence-corrected chi connectivity index (χ4v) is 4.28. The Labute approximate surface area is 206 Å². The number of carbonyl (C=O) groups excluding carboxylic acids is 1. The van der Waals surface area contributed by atoms with Gasteiger partial charge < -0.3 is 5.11 Å². The largest absolute Gasteiger partial charge is 0.508 e. The van der Waals surface area contributed by atoms with Gasteiger partial charge in [0.2, 0.25) is 5.13 Å². The van der Waals surface area contributed by atoms with Crippen LogP contribution < -0.4 is 5.43 Å². The monoisotopic (exact) mass is 507 g/mol. The summed E-state index contributed by atoms with van der Waals surface area (Å²) in [4.78, 5) is 16.7. The van der Waals surface area contributed by atoms with Crippen molar-refractivity contribution >= 4 is 34.2 Å². The number of aromatic nitrogens is 3. The average Bonchev–Trinajstić information content (AvgIpc) is 3.51. The molecule has 0 saturated heterocycles. The standard InChI is InChI=1S/C25H16F3N5O2S/c26-25(27,28)22-12-21(18-9-8-16-5-1-2-6-17(16)11-18)33(32-22)24-30-20(14-36-24)23(35)31-29-13-15-4-3-7-19(34)10-15/h1-14,34H,(H,31,35)/b29-13+. The molecule has 36 heavy (non-hydrogen) atoms. The summed E-state index contributed by atoms with van der Waals surface area (Å²) in [5.74, 6) is -0.599. The van der Waals surface area contributed by atoms with E-state index < -0.39 is 17.8 Å². The molecule has 7 nitrogen and oxygen atoms in total. The van der Waals surface area contributed by atoms with E-state index >= 15 is 0 Å². The minimum atomic E-state index is -4.66. The van der Waals surface area contributed by atoms with Gasteiger partial charge in [-0.2, -0.15) is 23.4 Å². The van der Waals surface area contributed by atoms with Crippen molar-refractivity contribution in [3.05, 3.63) is 95.1 Å². The van der Waals surface area contributed by atoms with Gasteiger partial charge in [0.05, 0.1) is 11.9 Å². The van der Waals surface area contributed by atoms with Crippen LogP contribution in [0.25, 0.3) is 27.2 Å². The molecule has 3 aromatic carbocycles. The van der Waals surface area contributed by atoms with E-state index in [1.54, 1.807) is 24.3 Å². The van der Waals surface area contributed by atoms with Crippen LogP contribution >= 0.6 is 11.3 Å². The number of amides is 1. The minimum Gasteiger partial charge on any atom is -0.508 e. The summed E-state index contributed by atoms with van der Waals surface area (Å²) < 4.78 is 41.6. The normalized spacial score (nSPS) is 11.9. The maximum Gasteiger partial charge on any atom is 0.435 e. The minimum absolute atomic E-state index is 0.0309. The molecule has 180 valence electrons. The molecule has 0 saturated carbocycles. The number of nitrogens with zero attached hydrogens (tertiary/aromatic N) is 4. The molecule has 0 bridgehead atoms. The molecule has 5 rings (SSSR count). The van der Waals surface area contributed by atoms with Gasteiger partial charge in [-0.3, -0.25) is 4.79 Å². The summed E-state index contributed by atoms with van der Waals surface area (Å²) in [6.45, 7) is 0. The highest BCUT2D eigenvalue weighted by Crippen LogP contribution is 2.34. The molecule has 0 spiro atoms. The highest BCUT2D eigenvalue weighted by atomic mass is 32.1. The van der Waals surface area contributed by atoms with Gasteiger partial charge in [-0.15, -0.1) is 11.3 Å². The Hall–Kier alpha value is -4.51. The van der Waals surface area contributed by atoms with Crippen LogP contribution in [0.2, 0.25) is 0 Å². The predicted octanol–water partition coefficient (Wildman–Crippen LogP) is 5.64. The van der Waals surface area contributed by atoms with E-state index in [9.17, 15) is 23.1 Å². The molecule has 0 aliphatic heterocycles. The van der Waals surface area contributed by atoms with Crippen LogP contribution in [-0.4, -0.2) is 32.0 Å². The first-order chi connectivity index (χ1) is 17.3. The number of thiazole rings is 1. The van der Waals surface area contributed by atoms with E-state index in [0.29, 0.717) is 11.1 Å². The Balaban J connectivity index is 1.45. The number of hydrogen-bond acceptors (Lipinski definition) is 6. The van der Waals surface area contributed by atoms with E-state index in [1.165, 1.54) is 23.7 Å². The number of rotatable bonds is 5. The number of nitrogens with one attached hydrogen (secondary N) is 1. The second-order valence-corrected chi connectivity index (χ2v) is 8.53. The van der Waals surface area contributed by atoms with Crippen molar-refractivity contribution in [3.8, 4) is 22.1 Å². The molecule has 0 aliphatic rings. The van der Waals surface area contributed by atoms with Crippen LogP contribution in [0.3, 0.4) is 0 Å². The van der Waals surface area contributed by atoms with Gasteiger partial charge in [0, 0.05) is 10.9 Å². The number of phenolic OH excluding ortho intramolecular Hbond substituents is 1. The molecule has 0 unspecified atom stereocenters. The predicted molar refractivity (Wildman–Crippen MR) is 130 cm³/mol. The summed E-state index contributed by atoms with van der Waals surface area (Å²) in [5, 5.41) is 20.4. The molecule has 0 atom stereocenters. The lowest BCUT2D eigenvalue weighted by Crippen LogP contribution is -2.18. The third kappa shape index (κ3) is 4.82. The second-order valence-electron chi connectivity index (χ2n) is 7.70. The Morgan fingerprint density at radius 2 is 1.83 bits per heavy atom. The zero-order valence-electron chi connectivity index (χ0n) is 18.3. The van der Waals surface area contributed by atoms with E-state index in [2.05, 4.69) is 20.6 Å². The highest BCUT2D eigenvalue weighted by Gasteiger charge is 2.35. The first-order valence-corrected chi connectivity index (χ1v) is 11.4. The van der Waals surface area contributed by atoms with Crippen LogP contribution in [0, 0.1) is 0 Å². The Morgan fingerprint density at radius 3 is 2.61 bits per heavy atom. The number of fused-ring (bicyclic) bond motifs is 1. The maximum absolute atomic E-state index is 13.5. The molecule has 1 amide bonds.